The molecule has 1 aliphatic carbocycles. The zero-order valence-corrected chi connectivity index (χ0v) is 10.0. The molecule has 0 radical (unpaired) electrons. The molecule has 1 aliphatic rings. The fraction of sp³-hybridized carbons (Fsp3) is 0.615. The van der Waals surface area contributed by atoms with Gasteiger partial charge in [-0.1, -0.05) is 12.8 Å². The largest absolute Gasteiger partial charge is 0.489 e. The fourth-order valence-corrected chi connectivity index (χ4v) is 1.82. The topological polar surface area (TPSA) is 48.1 Å². The third kappa shape index (κ3) is 3.20. The van der Waals surface area contributed by atoms with E-state index in [0.717, 1.165) is 23.7 Å². The van der Waals surface area contributed by atoms with Gasteiger partial charge in [0.2, 0.25) is 0 Å². The minimum atomic E-state index is 0.107. The molecule has 1 saturated carbocycles. The second-order valence-corrected chi connectivity index (χ2v) is 4.91. The van der Waals surface area contributed by atoms with E-state index in [9.17, 15) is 0 Å². The first-order valence-electron chi connectivity index (χ1n) is 6.02. The van der Waals surface area contributed by atoms with Gasteiger partial charge in [-0.3, -0.25) is 4.98 Å². The first kappa shape index (κ1) is 11.4. The molecule has 1 heterocycles. The molecule has 0 amide bonds. The molecule has 1 aromatic rings. The van der Waals surface area contributed by atoms with Crippen LogP contribution in [-0.2, 0) is 0 Å². The highest BCUT2D eigenvalue weighted by molar-refractivity contribution is 5.26. The summed E-state index contributed by atoms with van der Waals surface area (Å²) in [6.45, 7) is 4.02. The summed E-state index contributed by atoms with van der Waals surface area (Å²) < 4.78 is 5.61. The van der Waals surface area contributed by atoms with Crippen LogP contribution in [0.25, 0.3) is 0 Å². The van der Waals surface area contributed by atoms with Crippen LogP contribution in [0.4, 0.5) is 0 Å². The first-order valence-corrected chi connectivity index (χ1v) is 6.02. The van der Waals surface area contributed by atoms with Crippen LogP contribution in [0.5, 0.6) is 5.75 Å². The molecular weight excluding hydrogens is 200 g/mol. The number of nitrogens with two attached hydrogens (primary N) is 1. The van der Waals surface area contributed by atoms with E-state index < -0.39 is 0 Å². The second-order valence-electron chi connectivity index (χ2n) is 4.91. The van der Waals surface area contributed by atoms with Gasteiger partial charge in [0.15, 0.2) is 0 Å². The van der Waals surface area contributed by atoms with Crippen molar-refractivity contribution in [1.29, 1.82) is 0 Å². The summed E-state index contributed by atoms with van der Waals surface area (Å²) in [6.07, 6.45) is 7.52. The highest BCUT2D eigenvalue weighted by Crippen LogP contribution is 2.36. The molecule has 0 saturated heterocycles. The third-order valence-corrected chi connectivity index (χ3v) is 2.82. The maximum atomic E-state index is 6.14. The van der Waals surface area contributed by atoms with E-state index in [-0.39, 0.29) is 12.1 Å². The quantitative estimate of drug-likeness (QED) is 0.830. The Balaban J connectivity index is 2.01. The van der Waals surface area contributed by atoms with Crippen LogP contribution < -0.4 is 10.5 Å². The summed E-state index contributed by atoms with van der Waals surface area (Å²) in [5, 5.41) is 0. The third-order valence-electron chi connectivity index (χ3n) is 2.82. The van der Waals surface area contributed by atoms with Crippen LogP contribution >= 0.6 is 0 Å². The lowest BCUT2D eigenvalue weighted by molar-refractivity contribution is 0.241. The zero-order valence-electron chi connectivity index (χ0n) is 10.0. The highest BCUT2D eigenvalue weighted by atomic mass is 16.5. The van der Waals surface area contributed by atoms with Gasteiger partial charge in [0.1, 0.15) is 5.75 Å². The van der Waals surface area contributed by atoms with Crippen LogP contribution in [0.1, 0.15) is 44.7 Å². The molecule has 1 aromatic heterocycles. The summed E-state index contributed by atoms with van der Waals surface area (Å²) in [7, 11) is 0. The molecule has 3 nitrogen and oxygen atoms in total. The normalized spacial score (nSPS) is 17.5. The maximum Gasteiger partial charge on any atom is 0.138 e. The van der Waals surface area contributed by atoms with Gasteiger partial charge < -0.3 is 10.5 Å². The predicted octanol–water partition coefficient (Wildman–Crippen LogP) is 2.67. The Hall–Kier alpha value is -1.09. The van der Waals surface area contributed by atoms with Gasteiger partial charge in [0, 0.05) is 12.2 Å². The Morgan fingerprint density at radius 3 is 2.81 bits per heavy atom. The monoisotopic (exact) mass is 220 g/mol. The number of ether oxygens (including phenoxy) is 1. The van der Waals surface area contributed by atoms with Gasteiger partial charge >= 0.3 is 0 Å². The molecule has 0 aliphatic heterocycles. The van der Waals surface area contributed by atoms with Crippen molar-refractivity contribution in [3.63, 3.8) is 0 Å². The standard InChI is InChI=1S/C13H20N2O/c1-9(2)16-12-6-11(7-15-8-12)13(14)5-10-3-4-10/h6-10,13H,3-5,14H2,1-2H3. The van der Waals surface area contributed by atoms with Crippen LogP contribution in [0.2, 0.25) is 0 Å². The van der Waals surface area contributed by atoms with Gasteiger partial charge in [-0.05, 0) is 37.8 Å². The second kappa shape index (κ2) is 4.83. The Kier molecular flexibility index (Phi) is 3.44. The molecule has 16 heavy (non-hydrogen) atoms. The molecule has 2 N–H and O–H groups in total. The van der Waals surface area contributed by atoms with Crippen molar-refractivity contribution >= 4 is 0 Å². The Morgan fingerprint density at radius 2 is 2.19 bits per heavy atom. The molecule has 1 fully saturated rings. The van der Waals surface area contributed by atoms with Crippen LogP contribution in [0, 0.1) is 5.92 Å². The van der Waals surface area contributed by atoms with Gasteiger partial charge in [-0.25, -0.2) is 0 Å². The predicted molar refractivity (Wildman–Crippen MR) is 64.3 cm³/mol. The molecule has 3 heteroatoms. The van der Waals surface area contributed by atoms with Gasteiger partial charge in [-0.2, -0.15) is 0 Å². The van der Waals surface area contributed by atoms with Crippen molar-refractivity contribution in [2.45, 2.75) is 45.3 Å². The Bertz CT molecular complexity index is 348. The molecule has 0 aromatic carbocycles. The number of pyridine rings is 1. The molecule has 88 valence electrons. The summed E-state index contributed by atoms with van der Waals surface area (Å²) in [6, 6.07) is 2.12. The number of hydrogen-bond donors (Lipinski definition) is 1. The van der Waals surface area contributed by atoms with Crippen LogP contribution in [0.15, 0.2) is 18.5 Å². The summed E-state index contributed by atoms with van der Waals surface area (Å²) >= 11 is 0. The average molecular weight is 220 g/mol. The molecule has 2 rings (SSSR count). The van der Waals surface area contributed by atoms with Crippen molar-refractivity contribution in [3.8, 4) is 5.75 Å². The fourth-order valence-electron chi connectivity index (χ4n) is 1.82. The maximum absolute atomic E-state index is 6.14. The average Bonchev–Trinajstić information content (AvgIpc) is 3.01. The first-order chi connectivity index (χ1) is 7.65. The van der Waals surface area contributed by atoms with E-state index in [1.165, 1.54) is 12.8 Å². The SMILES string of the molecule is CC(C)Oc1cncc(C(N)CC2CC2)c1. The van der Waals surface area contributed by atoms with Crippen LogP contribution in [0.3, 0.4) is 0 Å². The van der Waals surface area contributed by atoms with Crippen LogP contribution in [-0.4, -0.2) is 11.1 Å². The number of hydrogen-bond acceptors (Lipinski definition) is 3. The van der Waals surface area contributed by atoms with E-state index >= 15 is 0 Å². The zero-order chi connectivity index (χ0) is 11.5. The number of rotatable bonds is 5. The molecule has 0 bridgehead atoms. The summed E-state index contributed by atoms with van der Waals surface area (Å²) in [5.74, 6) is 1.66. The Labute approximate surface area is 97.0 Å². The van der Waals surface area contributed by atoms with E-state index in [2.05, 4.69) is 4.98 Å². The van der Waals surface area contributed by atoms with E-state index in [0.29, 0.717) is 0 Å². The minimum Gasteiger partial charge on any atom is -0.489 e. The Morgan fingerprint density at radius 1 is 1.44 bits per heavy atom. The van der Waals surface area contributed by atoms with Crippen molar-refractivity contribution < 1.29 is 4.74 Å². The lowest BCUT2D eigenvalue weighted by Crippen LogP contribution is -2.12. The number of aromatic nitrogens is 1. The van der Waals surface area contributed by atoms with Gasteiger partial charge in [0.25, 0.3) is 0 Å². The summed E-state index contributed by atoms with van der Waals surface area (Å²) in [4.78, 5) is 4.18. The molecule has 1 unspecified atom stereocenters. The van der Waals surface area contributed by atoms with Crippen molar-refractivity contribution in [3.05, 3.63) is 24.0 Å². The van der Waals surface area contributed by atoms with E-state index in [1.807, 2.05) is 26.1 Å². The smallest absolute Gasteiger partial charge is 0.138 e. The highest BCUT2D eigenvalue weighted by Gasteiger charge is 2.24. The molecular formula is C13H20N2O. The minimum absolute atomic E-state index is 0.107. The van der Waals surface area contributed by atoms with Crippen molar-refractivity contribution in [1.82, 2.24) is 4.98 Å². The van der Waals surface area contributed by atoms with Crippen molar-refractivity contribution in [2.75, 3.05) is 0 Å². The molecule has 1 atom stereocenters. The van der Waals surface area contributed by atoms with Gasteiger partial charge in [-0.15, -0.1) is 0 Å². The lowest BCUT2D eigenvalue weighted by Gasteiger charge is -2.14. The van der Waals surface area contributed by atoms with Crippen molar-refractivity contribution in [2.24, 2.45) is 11.7 Å². The number of nitrogens with zero attached hydrogens (tertiary/aromatic N) is 1. The summed E-state index contributed by atoms with van der Waals surface area (Å²) in [5.41, 5.74) is 7.23. The van der Waals surface area contributed by atoms with E-state index in [1.54, 1.807) is 6.20 Å². The molecule has 0 spiro atoms. The van der Waals surface area contributed by atoms with Gasteiger partial charge in [0.05, 0.1) is 12.3 Å². The van der Waals surface area contributed by atoms with E-state index in [4.69, 9.17) is 10.5 Å². The lowest BCUT2D eigenvalue weighted by atomic mass is 10.0.